The third-order valence-electron chi connectivity index (χ3n) is 13.9. The Bertz CT molecular complexity index is 2290. The number of rotatable bonds is 9. The minimum Gasteiger partial charge on any atom is -0.459 e. The van der Waals surface area contributed by atoms with E-state index in [1.807, 2.05) is 0 Å². The molecule has 2 N–H and O–H groups in total. The van der Waals surface area contributed by atoms with Gasteiger partial charge in [-0.25, -0.2) is 24.1 Å². The summed E-state index contributed by atoms with van der Waals surface area (Å²) in [6, 6.07) is 13.5. The minimum absolute atomic E-state index is 0.0267. The van der Waals surface area contributed by atoms with E-state index in [2.05, 4.69) is 0 Å². The van der Waals surface area contributed by atoms with Gasteiger partial charge < -0.3 is 43.4 Å². The molecular formula is C50H63NO17. The van der Waals surface area contributed by atoms with Crippen molar-refractivity contribution in [1.29, 1.82) is 0 Å². The van der Waals surface area contributed by atoms with Crippen molar-refractivity contribution < 1.29 is 81.7 Å². The van der Waals surface area contributed by atoms with Crippen LogP contribution >= 0.6 is 0 Å². The zero-order valence-electron chi connectivity index (χ0n) is 40.6. The number of imide groups is 1. The summed E-state index contributed by atoms with van der Waals surface area (Å²) in [7, 11) is 0. The van der Waals surface area contributed by atoms with Crippen molar-refractivity contribution >= 4 is 47.6 Å². The average Bonchev–Trinajstić information content (AvgIpc) is 3.22. The number of carbonyl (C=O) groups is 8. The van der Waals surface area contributed by atoms with Crippen LogP contribution in [0.25, 0.3) is 0 Å². The number of nitrogens with zero attached hydrogens (tertiary/aromatic N) is 1. The molecule has 2 aromatic carbocycles. The molecule has 1 heterocycles. The van der Waals surface area contributed by atoms with Crippen LogP contribution in [-0.4, -0.2) is 122 Å². The molecule has 12 atom stereocenters. The Labute approximate surface area is 395 Å². The Morgan fingerprint density at radius 2 is 1.35 bits per heavy atom. The van der Waals surface area contributed by atoms with Crippen LogP contribution in [0.5, 0.6) is 0 Å². The van der Waals surface area contributed by atoms with Crippen molar-refractivity contribution in [3.8, 4) is 0 Å². The van der Waals surface area contributed by atoms with Gasteiger partial charge in [-0.1, -0.05) is 69.3 Å². The van der Waals surface area contributed by atoms with Gasteiger partial charge in [0.2, 0.25) is 17.7 Å². The number of fused-ring (bicyclic) bond motifs is 5. The number of carbonyl (C=O) groups excluding carboxylic acids is 8. The summed E-state index contributed by atoms with van der Waals surface area (Å²) in [6.45, 7) is 16.9. The Morgan fingerprint density at radius 1 is 0.809 bits per heavy atom. The zero-order chi connectivity index (χ0) is 50.7. The summed E-state index contributed by atoms with van der Waals surface area (Å²) < 4.78 is 41.5. The van der Waals surface area contributed by atoms with Gasteiger partial charge in [0.1, 0.15) is 41.2 Å². The molecule has 0 radical (unpaired) electrons. The first kappa shape index (κ1) is 51.7. The Hall–Kier alpha value is -5.72. The third kappa shape index (κ3) is 9.26. The summed E-state index contributed by atoms with van der Waals surface area (Å²) in [5.41, 5.74) is -10.5. The van der Waals surface area contributed by atoms with Gasteiger partial charge in [-0.15, -0.1) is 0 Å². The molecule has 2 amide bonds. The summed E-state index contributed by atoms with van der Waals surface area (Å²) in [4.78, 5) is 115. The Morgan fingerprint density at radius 3 is 1.84 bits per heavy atom. The van der Waals surface area contributed by atoms with Gasteiger partial charge in [-0.05, 0) is 66.2 Å². The molecule has 2 aromatic rings. The number of ether oxygens (including phenoxy) is 7. The third-order valence-corrected chi connectivity index (χ3v) is 13.9. The van der Waals surface area contributed by atoms with E-state index in [0.717, 1.165) is 13.8 Å². The van der Waals surface area contributed by atoms with Crippen molar-refractivity contribution in [2.45, 2.75) is 155 Å². The molecule has 0 spiro atoms. The molecule has 4 aliphatic rings. The molecular weight excluding hydrogens is 887 g/mol. The molecule has 0 aromatic heterocycles. The van der Waals surface area contributed by atoms with Gasteiger partial charge in [0.15, 0.2) is 5.60 Å². The highest BCUT2D eigenvalue weighted by atomic mass is 16.6. The standard InChI is InChI=1S/C50H63NO17/c1-26-31(64-42(58)37(63-27(2)52)35(29-19-15-13-16-20-29)51(43(59)67-45(4,5)6)44(60)68-46(7,8)9)24-50(61)40(65-41(57)30-21-17-14-18-22-30)38-48(12,39(56)36(55)34(26)47(50,10)11)32(54)23-33-49(38,25-62-33)66-28(3)53/h13-22,26,31-35,37-38,40,54,61H,23-25H2,1-12H3/t26?,31-,32-,33+,34?,35-,37+,38?,40-,48+,49-,50+/m0/s1. The first-order valence-electron chi connectivity index (χ1n) is 22.7. The highest BCUT2D eigenvalue weighted by Gasteiger charge is 2.79. The van der Waals surface area contributed by atoms with E-state index in [9.17, 15) is 34.2 Å². The van der Waals surface area contributed by atoms with E-state index < -0.39 is 142 Å². The van der Waals surface area contributed by atoms with Gasteiger partial charge >= 0.3 is 36.1 Å². The molecule has 18 heteroatoms. The van der Waals surface area contributed by atoms with Crippen LogP contribution in [0, 0.1) is 28.6 Å². The topological polar surface area (TPSA) is 245 Å². The number of hydrogen-bond donors (Lipinski definition) is 2. The number of ketones is 2. The SMILES string of the molecule is CC(=O)O[C@@H](C(=O)O[C@H]1C[C@@]2(O)[C@@H](OC(=O)c3ccccc3)C3[C@](C)(C(=O)C(=O)C(C1C)C2(C)C)[C@@H](O)C[C@H]1OC[C@@]31OC(C)=O)[C@H](c1ccccc1)N(C(=O)OC(C)(C)C)C(=O)OC(C)(C)C. The zero-order valence-corrected chi connectivity index (χ0v) is 40.6. The Balaban J connectivity index is 1.54. The van der Waals surface area contributed by atoms with Gasteiger partial charge in [-0.2, -0.15) is 0 Å². The number of aliphatic hydroxyl groups is 2. The molecule has 370 valence electrons. The number of aliphatic hydroxyl groups excluding tert-OH is 1. The smallest absolute Gasteiger partial charge is 0.420 e. The largest absolute Gasteiger partial charge is 0.459 e. The molecule has 1 saturated heterocycles. The highest BCUT2D eigenvalue weighted by Crippen LogP contribution is 2.64. The van der Waals surface area contributed by atoms with Gasteiger partial charge in [0.05, 0.1) is 29.6 Å². The van der Waals surface area contributed by atoms with Crippen LogP contribution in [0.2, 0.25) is 0 Å². The van der Waals surface area contributed by atoms with Crippen LogP contribution in [0.4, 0.5) is 9.59 Å². The highest BCUT2D eigenvalue weighted by molar-refractivity contribution is 6.40. The van der Waals surface area contributed by atoms with E-state index in [1.54, 1.807) is 77.9 Å². The number of hydrogen-bond acceptors (Lipinski definition) is 17. The summed E-state index contributed by atoms with van der Waals surface area (Å²) in [6.07, 6.45) is -11.8. The first-order chi connectivity index (χ1) is 31.4. The molecule has 4 fully saturated rings. The van der Waals surface area contributed by atoms with E-state index >= 15 is 14.4 Å². The van der Waals surface area contributed by atoms with Crippen molar-refractivity contribution in [2.75, 3.05) is 6.61 Å². The van der Waals surface area contributed by atoms with Crippen LogP contribution in [0.3, 0.4) is 0 Å². The quantitative estimate of drug-likeness (QED) is 0.176. The molecule has 1 aliphatic heterocycles. The van der Waals surface area contributed by atoms with Crippen LogP contribution < -0.4 is 0 Å². The molecule has 3 unspecified atom stereocenters. The maximum absolute atomic E-state index is 15.1. The fraction of sp³-hybridized carbons (Fsp3) is 0.600. The summed E-state index contributed by atoms with van der Waals surface area (Å²) >= 11 is 0. The molecule has 3 saturated carbocycles. The maximum atomic E-state index is 15.1. The lowest BCUT2D eigenvalue weighted by molar-refractivity contribution is -0.350. The predicted molar refractivity (Wildman–Crippen MR) is 237 cm³/mol. The average molecular weight is 950 g/mol. The van der Waals surface area contributed by atoms with E-state index in [0.29, 0.717) is 4.90 Å². The molecule has 6 rings (SSSR count). The van der Waals surface area contributed by atoms with Crippen LogP contribution in [-0.2, 0) is 57.1 Å². The van der Waals surface area contributed by atoms with E-state index in [4.69, 9.17) is 33.2 Å². The monoisotopic (exact) mass is 949 g/mol. The van der Waals surface area contributed by atoms with Gasteiger partial charge in [0.25, 0.3) is 0 Å². The predicted octanol–water partition coefficient (Wildman–Crippen LogP) is 5.62. The fourth-order valence-electron chi connectivity index (χ4n) is 10.7. The van der Waals surface area contributed by atoms with E-state index in [-0.39, 0.29) is 24.2 Å². The molecule has 68 heavy (non-hydrogen) atoms. The lowest BCUT2D eigenvalue weighted by Crippen LogP contribution is -2.82. The second-order valence-corrected chi connectivity index (χ2v) is 21.1. The minimum atomic E-state index is -2.49. The fourth-order valence-corrected chi connectivity index (χ4v) is 10.7. The maximum Gasteiger partial charge on any atom is 0.420 e. The lowest BCUT2D eigenvalue weighted by Gasteiger charge is -2.67. The normalized spacial score (nSPS) is 31.6. The van der Waals surface area contributed by atoms with Crippen LogP contribution in [0.15, 0.2) is 60.7 Å². The van der Waals surface area contributed by atoms with Crippen molar-refractivity contribution in [2.24, 2.45) is 28.6 Å². The molecule has 3 aliphatic carbocycles. The van der Waals surface area contributed by atoms with E-state index in [1.165, 1.54) is 52.0 Å². The number of Topliss-reactive ketones (excluding diaryl/α,β-unsaturated/α-hetero) is 2. The summed E-state index contributed by atoms with van der Waals surface area (Å²) in [5, 5.41) is 25.7. The van der Waals surface area contributed by atoms with Crippen LogP contribution in [0.1, 0.15) is 118 Å². The van der Waals surface area contributed by atoms with Crippen molar-refractivity contribution in [3.05, 3.63) is 71.8 Å². The second kappa shape index (κ2) is 18.3. The first-order valence-corrected chi connectivity index (χ1v) is 22.7. The molecule has 2 bridgehead atoms. The van der Waals surface area contributed by atoms with Gasteiger partial charge in [0, 0.05) is 43.9 Å². The number of esters is 4. The lowest BCUT2D eigenvalue weighted by atomic mass is 9.42. The van der Waals surface area contributed by atoms with Crippen molar-refractivity contribution in [1.82, 2.24) is 4.90 Å². The molecule has 18 nitrogen and oxygen atoms in total. The van der Waals surface area contributed by atoms with Crippen molar-refractivity contribution in [3.63, 3.8) is 0 Å². The Kier molecular flexibility index (Phi) is 13.9. The summed E-state index contributed by atoms with van der Waals surface area (Å²) in [5.74, 6) is -10.7. The number of amides is 2. The second-order valence-electron chi connectivity index (χ2n) is 21.1. The number of benzene rings is 2. The van der Waals surface area contributed by atoms with Gasteiger partial charge in [-0.3, -0.25) is 19.2 Å².